The molecule has 4 aromatic carbocycles. The van der Waals surface area contributed by atoms with Gasteiger partial charge in [0, 0.05) is 38.7 Å². The van der Waals surface area contributed by atoms with Crippen molar-refractivity contribution in [2.75, 3.05) is 46.5 Å². The van der Waals surface area contributed by atoms with E-state index in [1.807, 2.05) is 67.6 Å². The number of nitrogens with one attached hydrogen (secondary N) is 6. The third-order valence-corrected chi connectivity index (χ3v) is 14.8. The van der Waals surface area contributed by atoms with Gasteiger partial charge in [0.25, 0.3) is 5.91 Å². The summed E-state index contributed by atoms with van der Waals surface area (Å²) in [6.45, 7) is 10.2. The first-order valence-electron chi connectivity index (χ1n) is 28.3. The summed E-state index contributed by atoms with van der Waals surface area (Å²) >= 11 is 0. The molecule has 20 heteroatoms. The second-order valence-electron chi connectivity index (χ2n) is 21.0. The maximum atomic E-state index is 14.4. The molecule has 81 heavy (non-hydrogen) atoms. The number of aliphatic hydroxyl groups is 2. The molecule has 20 nitrogen and oxygen atoms in total. The van der Waals surface area contributed by atoms with Crippen LogP contribution in [0.4, 0.5) is 0 Å². The number of nitrogens with zero attached hydrogens (tertiary/aromatic N) is 2. The lowest BCUT2D eigenvalue weighted by molar-refractivity contribution is -0.144. The number of benzene rings is 4. The predicted molar refractivity (Wildman–Crippen MR) is 306 cm³/mol. The van der Waals surface area contributed by atoms with Crippen molar-refractivity contribution in [1.82, 2.24) is 41.7 Å². The van der Waals surface area contributed by atoms with E-state index >= 15 is 0 Å². The van der Waals surface area contributed by atoms with Crippen molar-refractivity contribution < 1.29 is 58.4 Å². The number of ether oxygens (including phenoxy) is 2. The molecule has 2 aliphatic rings. The summed E-state index contributed by atoms with van der Waals surface area (Å²) in [6.07, 6.45) is 0.975. The van der Waals surface area contributed by atoms with E-state index in [1.54, 1.807) is 38.1 Å². The van der Waals surface area contributed by atoms with Crippen molar-refractivity contribution in [2.45, 2.75) is 141 Å². The molecular weight excluding hydrogens is 1040 g/mol. The second kappa shape index (κ2) is 31.0. The minimum absolute atomic E-state index is 0.0218. The Hall–Kier alpha value is -7.39. The number of hydrogen-bond donors (Lipinski definition) is 9. The van der Waals surface area contributed by atoms with E-state index in [-0.39, 0.29) is 50.4 Å². The molecule has 2 aliphatic heterocycles. The maximum absolute atomic E-state index is 14.4. The minimum Gasteiger partial charge on any atom is -0.508 e. The summed E-state index contributed by atoms with van der Waals surface area (Å²) in [7, 11) is 1.53. The topological polar surface area (TPSA) is 277 Å². The van der Waals surface area contributed by atoms with Crippen LogP contribution in [0.15, 0.2) is 97.1 Å². The molecule has 0 aliphatic carbocycles. The first-order valence-corrected chi connectivity index (χ1v) is 28.3. The molecule has 0 spiro atoms. The summed E-state index contributed by atoms with van der Waals surface area (Å²) in [6, 6.07) is 23.1. The Morgan fingerprint density at radius 2 is 1.27 bits per heavy atom. The predicted octanol–water partition coefficient (Wildman–Crippen LogP) is 4.19. The Labute approximate surface area is 475 Å². The fraction of sp³-hybridized carbons (Fsp3) is 0.492. The number of methoxy groups -OCH3 is 1. The standard InChI is InChI=1S/C61H82N8O12/c1-7-10-11-32-81-47-28-24-44(25-29-47)42-18-16-41(17-19-42)43-20-22-45(23-21-43)56(74)63-36-53(73)64-48(8-2)60(78)68-31-12-13-50(68)57(75)66-54(52(72)35-40-14-26-46(71)27-15-40)59(77)65-49(9-3)61(79)69-37-38(4)34-51(69)58(76)67-55(39(5)70)62-30-33-80-6/h14-29,38-39,48-52,54-55,62,70-72H,7-13,30-37H2,1-6H3,(H,63,74)(H,64,73)(H,65,77)(H,66,75)(H,67,76)/t38-,39-,48?,49?,50?,51?,52-,54?,55?/m1/s1. The number of phenolic OH excluding ortho intramolecular Hbond substituents is 1. The van der Waals surface area contributed by atoms with Gasteiger partial charge in [-0.05, 0) is 116 Å². The van der Waals surface area contributed by atoms with Crippen LogP contribution in [0, 0.1) is 5.92 Å². The molecule has 7 amide bonds. The highest BCUT2D eigenvalue weighted by Gasteiger charge is 2.43. The largest absolute Gasteiger partial charge is 0.508 e. The zero-order chi connectivity index (χ0) is 58.6. The fourth-order valence-electron chi connectivity index (χ4n) is 10.1. The van der Waals surface area contributed by atoms with Crippen LogP contribution in [-0.2, 0) is 39.9 Å². The van der Waals surface area contributed by atoms with E-state index in [9.17, 15) is 48.9 Å². The van der Waals surface area contributed by atoms with Crippen LogP contribution in [0.2, 0.25) is 0 Å². The molecule has 9 atom stereocenters. The number of hydrogen-bond acceptors (Lipinski definition) is 13. The van der Waals surface area contributed by atoms with E-state index in [1.165, 1.54) is 36.0 Å². The molecule has 4 aromatic rings. The van der Waals surface area contributed by atoms with Crippen LogP contribution >= 0.6 is 0 Å². The normalized spacial score (nSPS) is 18.1. The highest BCUT2D eigenvalue weighted by molar-refractivity contribution is 5.99. The van der Waals surface area contributed by atoms with Gasteiger partial charge in [-0.2, -0.15) is 0 Å². The average molecular weight is 1120 g/mol. The number of carbonyl (C=O) groups is 7. The van der Waals surface area contributed by atoms with Gasteiger partial charge in [-0.15, -0.1) is 0 Å². The van der Waals surface area contributed by atoms with Crippen LogP contribution < -0.4 is 36.6 Å². The molecule has 0 radical (unpaired) electrons. The number of amides is 7. The summed E-state index contributed by atoms with van der Waals surface area (Å²) in [5, 5.41) is 48.5. The maximum Gasteiger partial charge on any atom is 0.251 e. The van der Waals surface area contributed by atoms with Gasteiger partial charge in [0.15, 0.2) is 0 Å². The molecule has 6 unspecified atom stereocenters. The Kier molecular flexibility index (Phi) is 24.0. The van der Waals surface area contributed by atoms with Crippen LogP contribution in [0.25, 0.3) is 22.3 Å². The van der Waals surface area contributed by atoms with Crippen LogP contribution in [0.1, 0.15) is 102 Å². The summed E-state index contributed by atoms with van der Waals surface area (Å²) in [4.78, 5) is 100.0. The second-order valence-corrected chi connectivity index (χ2v) is 21.0. The average Bonchev–Trinajstić information content (AvgIpc) is 4.32. The summed E-state index contributed by atoms with van der Waals surface area (Å²) in [5.41, 5.74) is 4.82. The lowest BCUT2D eigenvalue weighted by Crippen LogP contribution is -2.62. The van der Waals surface area contributed by atoms with Gasteiger partial charge in [-0.1, -0.05) is 101 Å². The molecule has 9 N–H and O–H groups in total. The molecule has 0 bridgehead atoms. The van der Waals surface area contributed by atoms with Crippen molar-refractivity contribution in [3.63, 3.8) is 0 Å². The number of likely N-dealkylation sites (tertiary alicyclic amines) is 2. The van der Waals surface area contributed by atoms with Crippen molar-refractivity contribution >= 4 is 41.4 Å². The quantitative estimate of drug-likeness (QED) is 0.0273. The molecule has 6 rings (SSSR count). The van der Waals surface area contributed by atoms with Gasteiger partial charge in [-0.25, -0.2) is 0 Å². The Balaban J connectivity index is 1.05. The molecule has 2 fully saturated rings. The molecule has 2 saturated heterocycles. The van der Waals surface area contributed by atoms with Gasteiger partial charge < -0.3 is 61.2 Å². The third-order valence-electron chi connectivity index (χ3n) is 14.8. The highest BCUT2D eigenvalue weighted by atomic mass is 16.5. The molecule has 2 heterocycles. The van der Waals surface area contributed by atoms with Crippen molar-refractivity contribution in [2.24, 2.45) is 5.92 Å². The number of aliphatic hydroxyl groups excluding tert-OH is 2. The smallest absolute Gasteiger partial charge is 0.251 e. The number of unbranched alkanes of at least 4 members (excludes halogenated alkanes) is 2. The summed E-state index contributed by atoms with van der Waals surface area (Å²) < 4.78 is 10.9. The van der Waals surface area contributed by atoms with Crippen molar-refractivity contribution in [3.8, 4) is 33.8 Å². The number of carbonyl (C=O) groups excluding carboxylic acids is 7. The van der Waals surface area contributed by atoms with E-state index < -0.39 is 96.5 Å². The third kappa shape index (κ3) is 17.8. The zero-order valence-corrected chi connectivity index (χ0v) is 47.5. The van der Waals surface area contributed by atoms with Gasteiger partial charge in [0.1, 0.15) is 47.9 Å². The summed E-state index contributed by atoms with van der Waals surface area (Å²) in [5.74, 6) is -3.61. The highest BCUT2D eigenvalue weighted by Crippen LogP contribution is 2.28. The van der Waals surface area contributed by atoms with E-state index in [0.29, 0.717) is 43.7 Å². The van der Waals surface area contributed by atoms with E-state index in [2.05, 4.69) is 38.8 Å². The lowest BCUT2D eigenvalue weighted by Gasteiger charge is -2.32. The zero-order valence-electron chi connectivity index (χ0n) is 47.5. The van der Waals surface area contributed by atoms with Gasteiger partial charge in [0.2, 0.25) is 35.4 Å². The first-order chi connectivity index (χ1) is 38.9. The Bertz CT molecular complexity index is 2710. The van der Waals surface area contributed by atoms with E-state index in [0.717, 1.165) is 47.3 Å². The Morgan fingerprint density at radius 1 is 0.691 bits per heavy atom. The Morgan fingerprint density at radius 3 is 1.86 bits per heavy atom. The van der Waals surface area contributed by atoms with Crippen molar-refractivity contribution in [1.29, 1.82) is 0 Å². The number of rotatable bonds is 29. The first kappa shape index (κ1) is 62.8. The van der Waals surface area contributed by atoms with Crippen molar-refractivity contribution in [3.05, 3.63) is 108 Å². The number of phenols is 1. The van der Waals surface area contributed by atoms with Crippen LogP contribution in [0.5, 0.6) is 11.5 Å². The lowest BCUT2D eigenvalue weighted by atomic mass is 9.99. The van der Waals surface area contributed by atoms with E-state index in [4.69, 9.17) is 9.47 Å². The van der Waals surface area contributed by atoms with Crippen LogP contribution in [0.3, 0.4) is 0 Å². The SMILES string of the molecule is CCCCCOc1ccc(-c2ccc(-c3ccc(C(=O)NCC(=O)NC(CC)C(=O)N4CCCC4C(=O)NC(C(=O)NC(CC)C(=O)N4C[C@H](C)CC4C(=O)NC(NCCOC)[C@@H](C)O)[C@H](O)Cc4ccc(O)cc4)cc3)cc2)cc1. The monoisotopic (exact) mass is 1120 g/mol. The van der Waals surface area contributed by atoms with Gasteiger partial charge in [0.05, 0.1) is 32.0 Å². The minimum atomic E-state index is -1.64. The molecular formula is C61H82N8O12. The van der Waals surface area contributed by atoms with Crippen LogP contribution in [-0.4, -0.2) is 162 Å². The molecule has 0 aromatic heterocycles. The molecule has 438 valence electrons. The molecule has 0 saturated carbocycles. The van der Waals surface area contributed by atoms with Gasteiger partial charge >= 0.3 is 0 Å². The number of aromatic hydroxyl groups is 1. The fourth-order valence-corrected chi connectivity index (χ4v) is 10.1. The van der Waals surface area contributed by atoms with Gasteiger partial charge in [-0.3, -0.25) is 38.9 Å².